The van der Waals surface area contributed by atoms with Gasteiger partial charge in [0.05, 0.1) is 17.0 Å². The van der Waals surface area contributed by atoms with Crippen LogP contribution in [0.2, 0.25) is 0 Å². The van der Waals surface area contributed by atoms with Crippen LogP contribution in [0, 0.1) is 16.7 Å². The summed E-state index contributed by atoms with van der Waals surface area (Å²) in [4.78, 5) is 18.7. The molecule has 1 aliphatic rings. The van der Waals surface area contributed by atoms with E-state index in [0.717, 1.165) is 12.2 Å². The molecule has 1 unspecified atom stereocenters. The highest BCUT2D eigenvalue weighted by Gasteiger charge is 2.36. The molecule has 1 aromatic carbocycles. The minimum atomic E-state index is -0.435. The Hall–Kier alpha value is -2.87. The van der Waals surface area contributed by atoms with Crippen LogP contribution in [0.4, 0.5) is 5.82 Å². The van der Waals surface area contributed by atoms with E-state index < -0.39 is 5.41 Å². The number of carbonyl (C=O) groups is 1. The number of nitrogens with one attached hydrogen (secondary N) is 1. The van der Waals surface area contributed by atoms with Gasteiger partial charge in [-0.05, 0) is 38.0 Å². The summed E-state index contributed by atoms with van der Waals surface area (Å²) in [6.07, 6.45) is 2.32. The molecule has 0 bridgehead atoms. The first-order valence-corrected chi connectivity index (χ1v) is 8.49. The molecule has 1 aliphatic heterocycles. The van der Waals surface area contributed by atoms with Crippen molar-refractivity contribution < 1.29 is 4.79 Å². The van der Waals surface area contributed by atoms with E-state index in [1.165, 1.54) is 5.56 Å². The molecule has 1 aromatic heterocycles. The topological polar surface area (TPSA) is 69.0 Å². The first-order chi connectivity index (χ1) is 12.0. The highest BCUT2D eigenvalue weighted by Crippen LogP contribution is 2.29. The Morgan fingerprint density at radius 1 is 1.32 bits per heavy atom. The van der Waals surface area contributed by atoms with Gasteiger partial charge in [0.25, 0.3) is 5.91 Å². The lowest BCUT2D eigenvalue weighted by atomic mass is 9.92. The maximum absolute atomic E-state index is 12.6. The number of benzene rings is 1. The highest BCUT2D eigenvalue weighted by atomic mass is 16.2. The summed E-state index contributed by atoms with van der Waals surface area (Å²) in [6.45, 7) is 5.07. The smallest absolute Gasteiger partial charge is 0.255 e. The number of hydrogen-bond donors (Lipinski definition) is 1. The zero-order valence-corrected chi connectivity index (χ0v) is 14.6. The van der Waals surface area contributed by atoms with Crippen molar-refractivity contribution >= 4 is 11.7 Å². The summed E-state index contributed by atoms with van der Waals surface area (Å²) in [6, 6.07) is 16.2. The Morgan fingerprint density at radius 2 is 2.08 bits per heavy atom. The second-order valence-corrected chi connectivity index (χ2v) is 6.86. The minimum Gasteiger partial charge on any atom is -0.364 e. The first-order valence-electron chi connectivity index (χ1n) is 8.49. The van der Waals surface area contributed by atoms with Gasteiger partial charge in [0.1, 0.15) is 5.82 Å². The van der Waals surface area contributed by atoms with Gasteiger partial charge in [0.15, 0.2) is 0 Å². The first kappa shape index (κ1) is 17.0. The molecule has 0 spiro atoms. The third-order valence-electron chi connectivity index (χ3n) is 4.70. The van der Waals surface area contributed by atoms with Crippen LogP contribution in [0.1, 0.15) is 42.2 Å². The Kier molecular flexibility index (Phi) is 4.71. The average molecular weight is 334 g/mol. The normalized spacial score (nSPS) is 20.8. The minimum absolute atomic E-state index is 0.0610. The van der Waals surface area contributed by atoms with E-state index in [4.69, 9.17) is 0 Å². The number of nitriles is 1. The molecule has 1 N–H and O–H groups in total. The van der Waals surface area contributed by atoms with Crippen LogP contribution < -0.4 is 5.32 Å². The number of aromatic nitrogens is 1. The Balaban J connectivity index is 1.65. The van der Waals surface area contributed by atoms with Crippen LogP contribution in [0.5, 0.6) is 0 Å². The van der Waals surface area contributed by atoms with Crippen LogP contribution >= 0.6 is 0 Å². The van der Waals surface area contributed by atoms with Crippen molar-refractivity contribution in [2.45, 2.75) is 26.3 Å². The molecular weight excluding hydrogens is 312 g/mol. The molecule has 1 fully saturated rings. The van der Waals surface area contributed by atoms with Crippen molar-refractivity contribution in [3.8, 4) is 6.07 Å². The second-order valence-electron chi connectivity index (χ2n) is 6.86. The van der Waals surface area contributed by atoms with E-state index in [9.17, 15) is 10.1 Å². The van der Waals surface area contributed by atoms with Crippen molar-refractivity contribution in [1.29, 1.82) is 5.26 Å². The van der Waals surface area contributed by atoms with Gasteiger partial charge in [-0.2, -0.15) is 5.26 Å². The summed E-state index contributed by atoms with van der Waals surface area (Å²) < 4.78 is 0. The molecule has 0 saturated carbocycles. The standard InChI is InChI=1S/C20H22N4O/c1-15(16-6-4-3-5-7-16)23-18-9-8-17(12-22-18)19(25)24-11-10-20(2,13-21)14-24/h3-9,12,15H,10-11,14H2,1-2H3,(H,22,23)/t15-,20?/m0/s1. The molecule has 0 aliphatic carbocycles. The molecular formula is C20H22N4O. The second kappa shape index (κ2) is 6.94. The van der Waals surface area contributed by atoms with Crippen LogP contribution in [0.3, 0.4) is 0 Å². The zero-order chi connectivity index (χ0) is 17.9. The molecule has 3 rings (SSSR count). The number of carbonyl (C=O) groups excluding carboxylic acids is 1. The lowest BCUT2D eigenvalue weighted by Crippen LogP contribution is -2.30. The van der Waals surface area contributed by atoms with E-state index >= 15 is 0 Å². The predicted octanol–water partition coefficient (Wildman–Crippen LogP) is 3.63. The van der Waals surface area contributed by atoms with Crippen molar-refractivity contribution in [2.24, 2.45) is 5.41 Å². The van der Waals surface area contributed by atoms with Gasteiger partial charge >= 0.3 is 0 Å². The van der Waals surface area contributed by atoms with Gasteiger partial charge in [0, 0.05) is 25.3 Å². The number of likely N-dealkylation sites (tertiary alicyclic amines) is 1. The van der Waals surface area contributed by atoms with Gasteiger partial charge in [-0.15, -0.1) is 0 Å². The summed E-state index contributed by atoms with van der Waals surface area (Å²) in [5.74, 6) is 0.672. The van der Waals surface area contributed by atoms with Crippen molar-refractivity contribution in [3.05, 3.63) is 59.8 Å². The molecule has 2 heterocycles. The maximum Gasteiger partial charge on any atom is 0.255 e. The molecule has 2 atom stereocenters. The summed E-state index contributed by atoms with van der Waals surface area (Å²) in [5.41, 5.74) is 1.30. The van der Waals surface area contributed by atoms with Crippen LogP contribution in [0.25, 0.3) is 0 Å². The number of rotatable bonds is 4. The molecule has 25 heavy (non-hydrogen) atoms. The van der Waals surface area contributed by atoms with Gasteiger partial charge in [0.2, 0.25) is 0 Å². The van der Waals surface area contributed by atoms with E-state index in [1.807, 2.05) is 31.2 Å². The van der Waals surface area contributed by atoms with Crippen molar-refractivity contribution in [2.75, 3.05) is 18.4 Å². The molecule has 5 nitrogen and oxygen atoms in total. The van der Waals surface area contributed by atoms with Gasteiger partial charge in [-0.25, -0.2) is 4.98 Å². The lowest BCUT2D eigenvalue weighted by Gasteiger charge is -2.18. The Bertz CT molecular complexity index is 782. The Labute approximate surface area is 148 Å². The van der Waals surface area contributed by atoms with E-state index in [0.29, 0.717) is 18.7 Å². The van der Waals surface area contributed by atoms with Gasteiger partial charge in [-0.3, -0.25) is 4.79 Å². The third-order valence-corrected chi connectivity index (χ3v) is 4.70. The fourth-order valence-electron chi connectivity index (χ4n) is 3.06. The van der Waals surface area contributed by atoms with E-state index in [1.54, 1.807) is 17.2 Å². The Morgan fingerprint density at radius 3 is 2.68 bits per heavy atom. The highest BCUT2D eigenvalue weighted by molar-refractivity contribution is 5.94. The molecule has 5 heteroatoms. The third kappa shape index (κ3) is 3.80. The van der Waals surface area contributed by atoms with Crippen LogP contribution in [-0.4, -0.2) is 28.9 Å². The van der Waals surface area contributed by atoms with Crippen LogP contribution in [0.15, 0.2) is 48.7 Å². The zero-order valence-electron chi connectivity index (χ0n) is 14.6. The van der Waals surface area contributed by atoms with Gasteiger partial charge < -0.3 is 10.2 Å². The largest absolute Gasteiger partial charge is 0.364 e. The molecule has 0 radical (unpaired) electrons. The molecule has 1 saturated heterocycles. The van der Waals surface area contributed by atoms with E-state index in [-0.39, 0.29) is 11.9 Å². The molecule has 1 amide bonds. The molecule has 128 valence electrons. The number of nitrogens with zero attached hydrogens (tertiary/aromatic N) is 3. The number of hydrogen-bond acceptors (Lipinski definition) is 4. The van der Waals surface area contributed by atoms with E-state index in [2.05, 4.69) is 35.4 Å². The number of amides is 1. The van der Waals surface area contributed by atoms with Crippen LogP contribution in [-0.2, 0) is 0 Å². The SMILES string of the molecule is C[C@H](Nc1ccc(C(=O)N2CCC(C)(C#N)C2)cn1)c1ccccc1. The fraction of sp³-hybridized carbons (Fsp3) is 0.350. The summed E-state index contributed by atoms with van der Waals surface area (Å²) in [7, 11) is 0. The lowest BCUT2D eigenvalue weighted by molar-refractivity contribution is 0.0782. The average Bonchev–Trinajstić information content (AvgIpc) is 3.05. The number of anilines is 1. The maximum atomic E-state index is 12.6. The quantitative estimate of drug-likeness (QED) is 0.927. The number of pyridine rings is 1. The summed E-state index contributed by atoms with van der Waals surface area (Å²) in [5, 5.41) is 12.5. The monoisotopic (exact) mass is 334 g/mol. The summed E-state index contributed by atoms with van der Waals surface area (Å²) >= 11 is 0. The molecule has 2 aromatic rings. The van der Waals surface area contributed by atoms with Crippen molar-refractivity contribution in [3.63, 3.8) is 0 Å². The fourth-order valence-corrected chi connectivity index (χ4v) is 3.06. The van der Waals surface area contributed by atoms with Crippen molar-refractivity contribution in [1.82, 2.24) is 9.88 Å². The van der Waals surface area contributed by atoms with Gasteiger partial charge in [-0.1, -0.05) is 30.3 Å². The predicted molar refractivity (Wildman–Crippen MR) is 97.0 cm³/mol.